The number of carbonyl (C=O) groups is 3. The maximum absolute atomic E-state index is 12.7. The van der Waals surface area contributed by atoms with Crippen molar-refractivity contribution in [3.63, 3.8) is 0 Å². The molecule has 234 valence electrons. The zero-order chi connectivity index (χ0) is 26.3. The van der Waals surface area contributed by atoms with Gasteiger partial charge in [-0.3, -0.25) is 14.4 Å². The van der Waals surface area contributed by atoms with Gasteiger partial charge in [0.1, 0.15) is 0 Å². The molecule has 0 saturated carbocycles. The minimum atomic E-state index is -0.609. The Labute approximate surface area is 257 Å². The first-order chi connectivity index (χ1) is 16.9. The van der Waals surface area contributed by atoms with Gasteiger partial charge < -0.3 is 38.5 Å². The lowest BCUT2D eigenvalue weighted by atomic mass is 10.1. The Morgan fingerprint density at radius 3 is 1.62 bits per heavy atom. The van der Waals surface area contributed by atoms with E-state index in [-0.39, 0.29) is 80.4 Å². The van der Waals surface area contributed by atoms with Gasteiger partial charge in [-0.2, -0.15) is 0 Å². The molecule has 2 atom stereocenters. The van der Waals surface area contributed by atoms with Crippen LogP contribution in [0.3, 0.4) is 0 Å². The summed E-state index contributed by atoms with van der Waals surface area (Å²) in [6, 6.07) is -1.22. The van der Waals surface area contributed by atoms with Crippen molar-refractivity contribution >= 4 is 67.3 Å². The smallest absolute Gasteiger partial charge is 0.236 e. The van der Waals surface area contributed by atoms with Gasteiger partial charge >= 0.3 is 0 Å². The second kappa shape index (κ2) is 32.9. The largest absolute Gasteiger partial charge is 0.353 e. The lowest BCUT2D eigenvalue weighted by molar-refractivity contribution is -0.132. The number of carbonyl (C=O) groups excluding carboxylic acids is 3. The molecular weight excluding hydrogens is 594 g/mol. The Balaban J connectivity index is -0.000000963. The minimum Gasteiger partial charge on any atom is -0.353 e. The third-order valence-corrected chi connectivity index (χ3v) is 5.54. The van der Waals surface area contributed by atoms with Crippen molar-refractivity contribution in [3.8, 4) is 0 Å². The highest BCUT2D eigenvalue weighted by molar-refractivity contribution is 5.86. The third-order valence-electron chi connectivity index (χ3n) is 5.54. The molecule has 0 aromatic rings. The van der Waals surface area contributed by atoms with Crippen LogP contribution in [-0.4, -0.2) is 80.5 Å². The number of halogens is 4. The van der Waals surface area contributed by atoms with Gasteiger partial charge in [0.05, 0.1) is 12.1 Å². The summed E-state index contributed by atoms with van der Waals surface area (Å²) in [6.07, 6.45) is 6.77. The molecule has 39 heavy (non-hydrogen) atoms. The quantitative estimate of drug-likeness (QED) is 0.0440. The van der Waals surface area contributed by atoms with Crippen molar-refractivity contribution in [2.24, 2.45) is 28.0 Å². The van der Waals surface area contributed by atoms with E-state index in [4.69, 9.17) is 28.5 Å². The first-order valence-corrected chi connectivity index (χ1v) is 12.6. The van der Waals surface area contributed by atoms with E-state index in [1.165, 1.54) is 0 Å². The van der Waals surface area contributed by atoms with E-state index >= 15 is 0 Å². The van der Waals surface area contributed by atoms with Gasteiger partial charge in [-0.15, -0.1) is 49.6 Å². The van der Waals surface area contributed by atoms with E-state index in [1.807, 2.05) is 0 Å². The van der Waals surface area contributed by atoms with E-state index in [0.717, 1.165) is 32.1 Å². The van der Waals surface area contributed by atoms with Gasteiger partial charge in [-0.1, -0.05) is 24.4 Å². The minimum absolute atomic E-state index is 0. The molecule has 0 saturated heterocycles. The molecule has 3 amide bonds. The topological polar surface area (TPSA) is 231 Å². The van der Waals surface area contributed by atoms with Gasteiger partial charge in [-0.05, 0) is 57.1 Å². The van der Waals surface area contributed by atoms with Gasteiger partial charge in [0.2, 0.25) is 17.7 Å². The molecule has 0 aliphatic rings. The average molecular weight is 645 g/mol. The number of unbranched alkanes of at least 4 members (excludes halogenated alkanes) is 4. The molecule has 0 spiro atoms. The standard InChI is InChI=1S/C22H46N10O3.4ClH/c23-11-5-3-8-18(25)21(34)28-14-16-32(20(33)10-2-1-7-13-30-31-27)17-15-29-22(35)19(26)9-4-6-12-24;;;;/h18-19H,1-17,23-26H2,(H,28,34)(H,29,35);4*1H. The summed E-state index contributed by atoms with van der Waals surface area (Å²) >= 11 is 0. The molecule has 13 nitrogen and oxygen atoms in total. The molecular formula is C22H50Cl4N10O3. The molecule has 0 aromatic heterocycles. The maximum Gasteiger partial charge on any atom is 0.236 e. The number of hydrogen-bond donors (Lipinski definition) is 6. The third kappa shape index (κ3) is 26.7. The van der Waals surface area contributed by atoms with E-state index in [0.29, 0.717) is 64.8 Å². The summed E-state index contributed by atoms with van der Waals surface area (Å²) in [5, 5.41) is 9.04. The molecule has 0 radical (unpaired) electrons. The Morgan fingerprint density at radius 1 is 0.744 bits per heavy atom. The molecule has 2 unspecified atom stereocenters. The highest BCUT2D eigenvalue weighted by Crippen LogP contribution is 2.05. The second-order valence-corrected chi connectivity index (χ2v) is 8.51. The highest BCUT2D eigenvalue weighted by atomic mass is 35.5. The molecule has 0 heterocycles. The van der Waals surface area contributed by atoms with Crippen LogP contribution in [0.4, 0.5) is 0 Å². The van der Waals surface area contributed by atoms with Gasteiger partial charge in [-0.25, -0.2) is 0 Å². The van der Waals surface area contributed by atoms with Gasteiger partial charge in [0.25, 0.3) is 0 Å². The van der Waals surface area contributed by atoms with E-state index in [1.54, 1.807) is 4.90 Å². The van der Waals surface area contributed by atoms with Crippen LogP contribution >= 0.6 is 49.6 Å². The fourth-order valence-corrected chi connectivity index (χ4v) is 3.37. The number of hydrogen-bond acceptors (Lipinski definition) is 8. The van der Waals surface area contributed by atoms with Crippen LogP contribution < -0.4 is 33.6 Å². The Kier molecular flexibility index (Phi) is 40.1. The summed E-state index contributed by atoms with van der Waals surface area (Å²) in [7, 11) is 0. The first kappa shape index (κ1) is 47.5. The van der Waals surface area contributed by atoms with Crippen molar-refractivity contribution in [2.75, 3.05) is 45.8 Å². The fraction of sp³-hybridized carbons (Fsp3) is 0.864. The van der Waals surface area contributed by atoms with Crippen LogP contribution in [0.15, 0.2) is 5.11 Å². The number of nitrogens with zero attached hydrogens (tertiary/aromatic N) is 4. The predicted octanol–water partition coefficient (Wildman–Crippen LogP) is 1.52. The normalized spacial score (nSPS) is 11.1. The van der Waals surface area contributed by atoms with Crippen molar-refractivity contribution < 1.29 is 14.4 Å². The van der Waals surface area contributed by atoms with Crippen LogP contribution in [0.2, 0.25) is 0 Å². The lowest BCUT2D eigenvalue weighted by Gasteiger charge is -2.24. The van der Waals surface area contributed by atoms with Crippen LogP contribution in [0.5, 0.6) is 0 Å². The van der Waals surface area contributed by atoms with E-state index < -0.39 is 12.1 Å². The number of azide groups is 1. The average Bonchev–Trinajstić information content (AvgIpc) is 2.84. The number of nitrogens with one attached hydrogen (secondary N) is 2. The molecule has 0 rings (SSSR count). The number of nitrogens with two attached hydrogens (primary N) is 4. The molecule has 0 aliphatic carbocycles. The SMILES string of the molecule is Cl.Cl.Cl.Cl.[N-]=[N+]=NCCCCCC(=O)N(CCNC(=O)C(N)CCCCN)CCNC(=O)C(N)CCCCN. The van der Waals surface area contributed by atoms with E-state index in [2.05, 4.69) is 20.7 Å². The molecule has 17 heteroatoms. The summed E-state index contributed by atoms with van der Waals surface area (Å²) in [6.45, 7) is 2.66. The van der Waals surface area contributed by atoms with Crippen molar-refractivity contribution in [2.45, 2.75) is 76.3 Å². The van der Waals surface area contributed by atoms with Crippen LogP contribution in [0.25, 0.3) is 10.4 Å². The second-order valence-electron chi connectivity index (χ2n) is 8.51. The molecule has 0 aromatic carbocycles. The van der Waals surface area contributed by atoms with E-state index in [9.17, 15) is 14.4 Å². The summed E-state index contributed by atoms with van der Waals surface area (Å²) < 4.78 is 0. The zero-order valence-corrected chi connectivity index (χ0v) is 25.9. The Bertz CT molecular complexity index is 628. The summed E-state index contributed by atoms with van der Waals surface area (Å²) in [4.78, 5) is 41.5. The molecule has 0 fully saturated rings. The lowest BCUT2D eigenvalue weighted by Crippen LogP contribution is -2.47. The summed E-state index contributed by atoms with van der Waals surface area (Å²) in [5.74, 6) is -0.592. The van der Waals surface area contributed by atoms with Crippen LogP contribution in [-0.2, 0) is 14.4 Å². The predicted molar refractivity (Wildman–Crippen MR) is 166 cm³/mol. The summed E-state index contributed by atoms with van der Waals surface area (Å²) in [5.41, 5.74) is 31.1. The number of rotatable bonds is 22. The Morgan fingerprint density at radius 2 is 1.21 bits per heavy atom. The van der Waals surface area contributed by atoms with Gasteiger partial charge in [0, 0.05) is 44.1 Å². The maximum atomic E-state index is 12.7. The van der Waals surface area contributed by atoms with Crippen LogP contribution in [0, 0.1) is 0 Å². The molecule has 0 bridgehead atoms. The fourth-order valence-electron chi connectivity index (χ4n) is 3.37. The van der Waals surface area contributed by atoms with Crippen molar-refractivity contribution in [1.29, 1.82) is 0 Å². The van der Waals surface area contributed by atoms with Crippen molar-refractivity contribution in [3.05, 3.63) is 10.4 Å². The van der Waals surface area contributed by atoms with Crippen LogP contribution in [0.1, 0.15) is 64.2 Å². The van der Waals surface area contributed by atoms with Crippen molar-refractivity contribution in [1.82, 2.24) is 15.5 Å². The monoisotopic (exact) mass is 642 g/mol. The van der Waals surface area contributed by atoms with Gasteiger partial charge in [0.15, 0.2) is 0 Å². The Hall–Kier alpha value is -1.28. The first-order valence-electron chi connectivity index (χ1n) is 12.6. The highest BCUT2D eigenvalue weighted by Gasteiger charge is 2.17. The zero-order valence-electron chi connectivity index (χ0n) is 22.6. The number of amides is 3. The molecule has 0 aliphatic heterocycles. The molecule has 10 N–H and O–H groups in total.